The van der Waals surface area contributed by atoms with E-state index in [0.29, 0.717) is 11.8 Å². The number of hydrogen-bond donors (Lipinski definition) is 1. The molecule has 0 aliphatic carbocycles. The predicted molar refractivity (Wildman–Crippen MR) is 92.8 cm³/mol. The number of pyridine rings is 2. The molecule has 4 aromatic rings. The highest BCUT2D eigenvalue weighted by Gasteiger charge is 2.07. The number of fused-ring (bicyclic) bond motifs is 1. The minimum Gasteiger partial charge on any atom is -0.323 e. The first-order chi connectivity index (χ1) is 11.8. The van der Waals surface area contributed by atoms with Gasteiger partial charge in [-0.25, -0.2) is 15.0 Å². The molecule has 0 spiro atoms. The molecule has 0 fully saturated rings. The average Bonchev–Trinajstić information content (AvgIpc) is 2.62. The van der Waals surface area contributed by atoms with Gasteiger partial charge in [-0.1, -0.05) is 24.3 Å². The van der Waals surface area contributed by atoms with Gasteiger partial charge in [0.25, 0.3) is 0 Å². The summed E-state index contributed by atoms with van der Waals surface area (Å²) in [7, 11) is 0. The Bertz CT molecular complexity index is 1010. The number of benzene rings is 1. The van der Waals surface area contributed by atoms with Crippen molar-refractivity contribution in [1.29, 1.82) is 0 Å². The highest BCUT2D eigenvalue weighted by Crippen LogP contribution is 2.23. The van der Waals surface area contributed by atoms with E-state index in [4.69, 9.17) is 0 Å². The number of rotatable bonds is 3. The Morgan fingerprint density at radius 3 is 2.67 bits per heavy atom. The SMILES string of the molecule is Cc1cccc(-c2ncnc(Nc3ccnc4ccccc34)n2)n1. The van der Waals surface area contributed by atoms with Crippen LogP contribution in [0, 0.1) is 6.92 Å². The third-order valence-corrected chi connectivity index (χ3v) is 3.58. The Hall–Kier alpha value is -3.41. The second-order valence-corrected chi connectivity index (χ2v) is 5.30. The summed E-state index contributed by atoms with van der Waals surface area (Å²) in [5, 5.41) is 4.25. The predicted octanol–water partition coefficient (Wildman–Crippen LogP) is 3.53. The summed E-state index contributed by atoms with van der Waals surface area (Å²) < 4.78 is 0. The van der Waals surface area contributed by atoms with Gasteiger partial charge in [0.1, 0.15) is 12.0 Å². The fourth-order valence-electron chi connectivity index (χ4n) is 2.47. The van der Waals surface area contributed by atoms with Crippen LogP contribution < -0.4 is 5.32 Å². The fourth-order valence-corrected chi connectivity index (χ4v) is 2.47. The van der Waals surface area contributed by atoms with Crippen molar-refractivity contribution in [2.24, 2.45) is 0 Å². The van der Waals surface area contributed by atoms with Gasteiger partial charge in [0.15, 0.2) is 5.82 Å². The standard InChI is InChI=1S/C18H14N6/c1-12-5-4-8-16(22-12)17-20-11-21-18(24-17)23-15-9-10-19-14-7-3-2-6-13(14)15/h2-11H,1H3,(H,19,20,21,23,24). The summed E-state index contributed by atoms with van der Waals surface area (Å²) in [5.74, 6) is 1.01. The van der Waals surface area contributed by atoms with Crippen molar-refractivity contribution in [3.8, 4) is 11.5 Å². The zero-order valence-corrected chi connectivity index (χ0v) is 13.0. The summed E-state index contributed by atoms with van der Waals surface area (Å²) in [6.07, 6.45) is 3.24. The first-order valence-electron chi connectivity index (χ1n) is 7.53. The number of nitrogens with zero attached hydrogens (tertiary/aromatic N) is 5. The first kappa shape index (κ1) is 14.2. The first-order valence-corrected chi connectivity index (χ1v) is 7.53. The maximum atomic E-state index is 4.47. The molecule has 6 nitrogen and oxygen atoms in total. The molecule has 1 N–H and O–H groups in total. The van der Waals surface area contributed by atoms with E-state index >= 15 is 0 Å². The van der Waals surface area contributed by atoms with Crippen molar-refractivity contribution in [2.45, 2.75) is 6.92 Å². The molecule has 116 valence electrons. The third kappa shape index (κ3) is 2.77. The average molecular weight is 314 g/mol. The molecule has 0 saturated heterocycles. The minimum absolute atomic E-state index is 0.472. The van der Waals surface area contributed by atoms with Crippen molar-refractivity contribution in [2.75, 3.05) is 5.32 Å². The maximum Gasteiger partial charge on any atom is 0.230 e. The van der Waals surface area contributed by atoms with E-state index in [-0.39, 0.29) is 0 Å². The van der Waals surface area contributed by atoms with E-state index in [1.54, 1.807) is 6.20 Å². The maximum absolute atomic E-state index is 4.47. The largest absolute Gasteiger partial charge is 0.323 e. The van der Waals surface area contributed by atoms with Crippen LogP contribution >= 0.6 is 0 Å². The number of hydrogen-bond acceptors (Lipinski definition) is 6. The molecule has 0 atom stereocenters. The van der Waals surface area contributed by atoms with Gasteiger partial charge in [0.2, 0.25) is 5.95 Å². The van der Waals surface area contributed by atoms with Crippen molar-refractivity contribution in [3.63, 3.8) is 0 Å². The van der Waals surface area contributed by atoms with E-state index in [2.05, 4.69) is 30.2 Å². The molecule has 0 amide bonds. The van der Waals surface area contributed by atoms with Crippen LogP contribution in [-0.2, 0) is 0 Å². The zero-order valence-electron chi connectivity index (χ0n) is 13.0. The Labute approximate surface area is 138 Å². The van der Waals surface area contributed by atoms with Gasteiger partial charge in [0, 0.05) is 17.3 Å². The normalized spacial score (nSPS) is 10.7. The van der Waals surface area contributed by atoms with Crippen LogP contribution in [0.4, 0.5) is 11.6 Å². The van der Waals surface area contributed by atoms with E-state index in [1.807, 2.05) is 55.5 Å². The van der Waals surface area contributed by atoms with Crippen LogP contribution in [0.5, 0.6) is 0 Å². The van der Waals surface area contributed by atoms with E-state index in [9.17, 15) is 0 Å². The van der Waals surface area contributed by atoms with Crippen molar-refractivity contribution in [3.05, 3.63) is 66.7 Å². The molecular formula is C18H14N6. The van der Waals surface area contributed by atoms with Crippen molar-refractivity contribution in [1.82, 2.24) is 24.9 Å². The molecule has 4 rings (SSSR count). The fraction of sp³-hybridized carbons (Fsp3) is 0.0556. The minimum atomic E-state index is 0.472. The van der Waals surface area contributed by atoms with Gasteiger partial charge in [-0.3, -0.25) is 4.98 Å². The quantitative estimate of drug-likeness (QED) is 0.623. The van der Waals surface area contributed by atoms with Crippen LogP contribution in [0.15, 0.2) is 61.1 Å². The third-order valence-electron chi connectivity index (χ3n) is 3.58. The summed E-state index contributed by atoms with van der Waals surface area (Å²) in [6.45, 7) is 1.94. The van der Waals surface area contributed by atoms with Crippen LogP contribution in [0.2, 0.25) is 0 Å². The van der Waals surface area contributed by atoms with Crippen molar-refractivity contribution >= 4 is 22.5 Å². The lowest BCUT2D eigenvalue weighted by molar-refractivity contribution is 1.04. The van der Waals surface area contributed by atoms with Crippen LogP contribution in [0.3, 0.4) is 0 Å². The second kappa shape index (κ2) is 6.00. The molecule has 0 bridgehead atoms. The molecular weight excluding hydrogens is 300 g/mol. The number of anilines is 2. The van der Waals surface area contributed by atoms with Gasteiger partial charge < -0.3 is 5.32 Å². The highest BCUT2D eigenvalue weighted by atomic mass is 15.1. The molecule has 0 radical (unpaired) electrons. The highest BCUT2D eigenvalue weighted by molar-refractivity contribution is 5.92. The van der Waals surface area contributed by atoms with Gasteiger partial charge in [-0.15, -0.1) is 0 Å². The lowest BCUT2D eigenvalue weighted by atomic mass is 10.2. The molecule has 24 heavy (non-hydrogen) atoms. The second-order valence-electron chi connectivity index (χ2n) is 5.30. The van der Waals surface area contributed by atoms with Crippen molar-refractivity contribution < 1.29 is 0 Å². The molecule has 3 aromatic heterocycles. The van der Waals surface area contributed by atoms with Gasteiger partial charge >= 0.3 is 0 Å². The lowest BCUT2D eigenvalue weighted by Crippen LogP contribution is -2.01. The summed E-state index contributed by atoms with van der Waals surface area (Å²) in [6, 6.07) is 15.6. The summed E-state index contributed by atoms with van der Waals surface area (Å²) in [4.78, 5) is 21.7. The molecule has 0 unspecified atom stereocenters. The summed E-state index contributed by atoms with van der Waals surface area (Å²) >= 11 is 0. The number of nitrogens with one attached hydrogen (secondary N) is 1. The Morgan fingerprint density at radius 1 is 0.833 bits per heavy atom. The Kier molecular flexibility index (Phi) is 3.55. The molecule has 0 aliphatic heterocycles. The molecule has 0 aliphatic rings. The summed E-state index contributed by atoms with van der Waals surface area (Å²) in [5.41, 5.74) is 3.45. The molecule has 0 saturated carbocycles. The topological polar surface area (TPSA) is 76.5 Å². The Morgan fingerprint density at radius 2 is 1.75 bits per heavy atom. The lowest BCUT2D eigenvalue weighted by Gasteiger charge is -2.08. The van der Waals surface area contributed by atoms with Gasteiger partial charge in [0.05, 0.1) is 11.2 Å². The van der Waals surface area contributed by atoms with Gasteiger partial charge in [-0.2, -0.15) is 4.98 Å². The van der Waals surface area contributed by atoms with Crippen LogP contribution in [0.25, 0.3) is 22.4 Å². The number of para-hydroxylation sites is 1. The smallest absolute Gasteiger partial charge is 0.230 e. The number of aryl methyl sites for hydroxylation is 1. The Balaban J connectivity index is 1.71. The van der Waals surface area contributed by atoms with Gasteiger partial charge in [-0.05, 0) is 31.2 Å². The van der Waals surface area contributed by atoms with E-state index in [1.165, 1.54) is 6.33 Å². The van der Waals surface area contributed by atoms with Crippen LogP contribution in [0.1, 0.15) is 5.69 Å². The van der Waals surface area contributed by atoms with E-state index < -0.39 is 0 Å². The molecule has 6 heteroatoms. The molecule has 1 aromatic carbocycles. The molecule has 3 heterocycles. The zero-order chi connectivity index (χ0) is 16.4. The van der Waals surface area contributed by atoms with E-state index in [0.717, 1.165) is 28.0 Å². The van der Waals surface area contributed by atoms with Crippen LogP contribution in [-0.4, -0.2) is 24.9 Å². The number of aromatic nitrogens is 5. The monoisotopic (exact) mass is 314 g/mol.